The number of carbonyl (C=O) groups is 2. The van der Waals surface area contributed by atoms with E-state index in [1.807, 2.05) is 29.2 Å². The summed E-state index contributed by atoms with van der Waals surface area (Å²) in [6.45, 7) is 2.67. The number of hydrogen-bond acceptors (Lipinski definition) is 3. The number of aryl methyl sites for hydroxylation is 1. The lowest BCUT2D eigenvalue weighted by molar-refractivity contribution is -0.131. The molecule has 1 N–H and O–H groups in total. The number of benzene rings is 2. The fraction of sp³-hybridized carbons (Fsp3) is 0.400. The Morgan fingerprint density at radius 1 is 0.969 bits per heavy atom. The van der Waals surface area contributed by atoms with Crippen LogP contribution in [0.5, 0.6) is 0 Å². The van der Waals surface area contributed by atoms with Crippen LogP contribution in [-0.4, -0.2) is 45.9 Å². The number of amides is 2. The van der Waals surface area contributed by atoms with Crippen molar-refractivity contribution in [2.45, 2.75) is 45.1 Å². The van der Waals surface area contributed by atoms with Crippen LogP contribution in [0, 0.1) is 5.82 Å². The van der Waals surface area contributed by atoms with Crippen molar-refractivity contribution < 1.29 is 14.0 Å². The van der Waals surface area contributed by atoms with Gasteiger partial charge < -0.3 is 14.8 Å². The number of para-hydroxylation sites is 2. The third kappa shape index (κ3) is 5.33. The standard InChI is InChI=1S/C25H29FN4O2/c26-20-11-9-19(10-12-20)25(32)27-15-13-23-28-21-7-3-4-8-22(21)30(23)18-14-24(31)29-16-5-1-2-6-17-29/h3-4,7-12H,1-2,5-6,13-18H2,(H,27,32). The third-order valence-electron chi connectivity index (χ3n) is 5.98. The van der Waals surface area contributed by atoms with Crippen molar-refractivity contribution in [2.24, 2.45) is 0 Å². The lowest BCUT2D eigenvalue weighted by Gasteiger charge is -2.20. The molecule has 3 aromatic rings. The van der Waals surface area contributed by atoms with E-state index in [1.165, 1.54) is 37.1 Å². The van der Waals surface area contributed by atoms with Crippen molar-refractivity contribution in [3.05, 3.63) is 65.7 Å². The van der Waals surface area contributed by atoms with Gasteiger partial charge >= 0.3 is 0 Å². The van der Waals surface area contributed by atoms with Gasteiger partial charge in [-0.1, -0.05) is 25.0 Å². The molecule has 1 aliphatic rings. The molecular weight excluding hydrogens is 407 g/mol. The lowest BCUT2D eigenvalue weighted by Crippen LogP contribution is -2.32. The predicted molar refractivity (Wildman–Crippen MR) is 122 cm³/mol. The van der Waals surface area contributed by atoms with Crippen molar-refractivity contribution in [2.75, 3.05) is 19.6 Å². The Labute approximate surface area is 187 Å². The first-order valence-corrected chi connectivity index (χ1v) is 11.4. The number of nitrogens with one attached hydrogen (secondary N) is 1. The Kier molecular flexibility index (Phi) is 7.14. The Morgan fingerprint density at radius 2 is 1.69 bits per heavy atom. The van der Waals surface area contributed by atoms with Gasteiger partial charge in [-0.15, -0.1) is 0 Å². The second kappa shape index (κ2) is 10.4. The zero-order valence-corrected chi connectivity index (χ0v) is 18.2. The molecule has 2 aromatic carbocycles. The molecule has 2 amide bonds. The zero-order valence-electron chi connectivity index (χ0n) is 18.2. The van der Waals surface area contributed by atoms with Crippen molar-refractivity contribution in [3.63, 3.8) is 0 Å². The minimum Gasteiger partial charge on any atom is -0.352 e. The number of nitrogens with zero attached hydrogens (tertiary/aromatic N) is 3. The van der Waals surface area contributed by atoms with Gasteiger partial charge in [-0.3, -0.25) is 9.59 Å². The van der Waals surface area contributed by atoms with Crippen molar-refractivity contribution in [1.29, 1.82) is 0 Å². The molecule has 0 saturated carbocycles. The largest absolute Gasteiger partial charge is 0.352 e. The Bertz CT molecular complexity index is 1070. The van der Waals surface area contributed by atoms with E-state index in [2.05, 4.69) is 9.88 Å². The maximum absolute atomic E-state index is 13.1. The third-order valence-corrected chi connectivity index (χ3v) is 5.98. The number of carbonyl (C=O) groups excluding carboxylic acids is 2. The summed E-state index contributed by atoms with van der Waals surface area (Å²) in [4.78, 5) is 31.8. The molecular formula is C25H29FN4O2. The molecule has 0 unspecified atom stereocenters. The summed E-state index contributed by atoms with van der Waals surface area (Å²) in [6.07, 6.45) is 5.54. The Balaban J connectivity index is 1.41. The quantitative estimate of drug-likeness (QED) is 0.610. The SMILES string of the molecule is O=C(NCCc1nc2ccccc2n1CCC(=O)N1CCCCCC1)c1ccc(F)cc1. The van der Waals surface area contributed by atoms with Gasteiger partial charge in [0.1, 0.15) is 11.6 Å². The van der Waals surface area contributed by atoms with Gasteiger partial charge in [0.2, 0.25) is 5.91 Å². The molecule has 6 nitrogen and oxygen atoms in total. The Hall–Kier alpha value is -3.22. The van der Waals surface area contributed by atoms with E-state index in [4.69, 9.17) is 4.98 Å². The number of fused-ring (bicyclic) bond motifs is 1. The monoisotopic (exact) mass is 436 g/mol. The molecule has 0 bridgehead atoms. The maximum atomic E-state index is 13.1. The molecule has 1 fully saturated rings. The van der Waals surface area contributed by atoms with Crippen LogP contribution < -0.4 is 5.32 Å². The number of rotatable bonds is 7. The second-order valence-corrected chi connectivity index (χ2v) is 8.23. The van der Waals surface area contributed by atoms with Gasteiger partial charge in [0.15, 0.2) is 0 Å². The number of hydrogen-bond donors (Lipinski definition) is 1. The highest BCUT2D eigenvalue weighted by atomic mass is 19.1. The predicted octanol–water partition coefficient (Wildman–Crippen LogP) is 3.94. The molecule has 1 saturated heterocycles. The first-order chi connectivity index (χ1) is 15.6. The molecule has 32 heavy (non-hydrogen) atoms. The van der Waals surface area contributed by atoms with Crippen LogP contribution in [-0.2, 0) is 17.8 Å². The molecule has 1 aliphatic heterocycles. The van der Waals surface area contributed by atoms with Crippen LogP contribution in [0.3, 0.4) is 0 Å². The highest BCUT2D eigenvalue weighted by Crippen LogP contribution is 2.18. The summed E-state index contributed by atoms with van der Waals surface area (Å²) in [5.41, 5.74) is 2.30. The summed E-state index contributed by atoms with van der Waals surface area (Å²) in [7, 11) is 0. The molecule has 2 heterocycles. The molecule has 0 atom stereocenters. The van der Waals surface area contributed by atoms with Crippen LogP contribution in [0.2, 0.25) is 0 Å². The average Bonchev–Trinajstić information content (AvgIpc) is 2.96. The molecule has 7 heteroatoms. The molecule has 4 rings (SSSR count). The minimum absolute atomic E-state index is 0.195. The second-order valence-electron chi connectivity index (χ2n) is 8.23. The lowest BCUT2D eigenvalue weighted by atomic mass is 10.2. The van der Waals surface area contributed by atoms with E-state index in [1.54, 1.807) is 0 Å². The summed E-state index contributed by atoms with van der Waals surface area (Å²) >= 11 is 0. The van der Waals surface area contributed by atoms with Crippen LogP contribution in [0.4, 0.5) is 4.39 Å². The molecule has 0 radical (unpaired) electrons. The van der Waals surface area contributed by atoms with Crippen LogP contribution >= 0.6 is 0 Å². The fourth-order valence-electron chi connectivity index (χ4n) is 4.24. The highest BCUT2D eigenvalue weighted by molar-refractivity contribution is 5.94. The maximum Gasteiger partial charge on any atom is 0.251 e. The molecule has 0 spiro atoms. The van der Waals surface area contributed by atoms with Gasteiger partial charge in [0, 0.05) is 44.6 Å². The number of imidazole rings is 1. The van der Waals surface area contributed by atoms with Crippen LogP contribution in [0.15, 0.2) is 48.5 Å². The normalized spacial score (nSPS) is 14.3. The van der Waals surface area contributed by atoms with E-state index >= 15 is 0 Å². The van der Waals surface area contributed by atoms with Crippen LogP contribution in [0.1, 0.15) is 48.3 Å². The summed E-state index contributed by atoms with van der Waals surface area (Å²) in [6, 6.07) is 13.4. The highest BCUT2D eigenvalue weighted by Gasteiger charge is 2.17. The number of halogens is 1. The number of aromatic nitrogens is 2. The van der Waals surface area contributed by atoms with E-state index in [9.17, 15) is 14.0 Å². The zero-order chi connectivity index (χ0) is 22.3. The topological polar surface area (TPSA) is 67.2 Å². The molecule has 0 aliphatic carbocycles. The van der Waals surface area contributed by atoms with Crippen LogP contribution in [0.25, 0.3) is 11.0 Å². The van der Waals surface area contributed by atoms with E-state index < -0.39 is 0 Å². The summed E-state index contributed by atoms with van der Waals surface area (Å²) < 4.78 is 15.2. The van der Waals surface area contributed by atoms with Gasteiger partial charge in [0.05, 0.1) is 11.0 Å². The molecule has 1 aromatic heterocycles. The fourth-order valence-corrected chi connectivity index (χ4v) is 4.24. The summed E-state index contributed by atoms with van der Waals surface area (Å²) in [5, 5.41) is 2.87. The van der Waals surface area contributed by atoms with Gasteiger partial charge in [-0.25, -0.2) is 9.37 Å². The Morgan fingerprint density at radius 3 is 2.44 bits per heavy atom. The average molecular weight is 437 g/mol. The van der Waals surface area contributed by atoms with Gasteiger partial charge in [0.25, 0.3) is 5.91 Å². The minimum atomic E-state index is -0.370. The van der Waals surface area contributed by atoms with Crippen molar-refractivity contribution in [3.8, 4) is 0 Å². The smallest absolute Gasteiger partial charge is 0.251 e. The van der Waals surface area contributed by atoms with E-state index in [0.717, 1.165) is 42.8 Å². The van der Waals surface area contributed by atoms with Gasteiger partial charge in [-0.2, -0.15) is 0 Å². The van der Waals surface area contributed by atoms with Gasteiger partial charge in [-0.05, 0) is 49.2 Å². The number of likely N-dealkylation sites (tertiary alicyclic amines) is 1. The van der Waals surface area contributed by atoms with E-state index in [-0.39, 0.29) is 17.6 Å². The first kappa shape index (κ1) is 22.0. The first-order valence-electron chi connectivity index (χ1n) is 11.4. The van der Waals surface area contributed by atoms with Crippen molar-refractivity contribution >= 4 is 22.8 Å². The summed E-state index contributed by atoms with van der Waals surface area (Å²) in [5.74, 6) is 0.420. The van der Waals surface area contributed by atoms with E-state index in [0.29, 0.717) is 31.5 Å². The van der Waals surface area contributed by atoms with Crippen molar-refractivity contribution in [1.82, 2.24) is 19.8 Å². The molecule has 168 valence electrons.